The molecule has 1 aliphatic heterocycles. The van der Waals surface area contributed by atoms with Crippen LogP contribution in [0.15, 0.2) is 24.3 Å². The minimum atomic E-state index is -1.44. The van der Waals surface area contributed by atoms with Crippen LogP contribution in [0.1, 0.15) is 88.8 Å². The van der Waals surface area contributed by atoms with Gasteiger partial charge in [0.05, 0.1) is 17.9 Å². The minimum absolute atomic E-state index is 0.00352. The second-order valence-electron chi connectivity index (χ2n) is 10.8. The lowest BCUT2D eigenvalue weighted by atomic mass is 9.90. The molecule has 0 saturated heterocycles. The van der Waals surface area contributed by atoms with E-state index in [0.717, 1.165) is 50.7 Å². The number of carbonyl (C=O) groups excluding carboxylic acids is 2. The summed E-state index contributed by atoms with van der Waals surface area (Å²) in [6, 6.07) is 4.76. The van der Waals surface area contributed by atoms with Crippen LogP contribution in [0.3, 0.4) is 0 Å². The summed E-state index contributed by atoms with van der Waals surface area (Å²) >= 11 is 0. The zero-order valence-electron chi connectivity index (χ0n) is 20.5. The predicted octanol–water partition coefficient (Wildman–Crippen LogP) is 5.11. The number of hydrogen-bond acceptors (Lipinski definition) is 3. The van der Waals surface area contributed by atoms with Crippen molar-refractivity contribution in [1.82, 2.24) is 15.1 Å². The summed E-state index contributed by atoms with van der Waals surface area (Å²) in [5.74, 6) is -2.52. The maximum atomic E-state index is 15.0. The van der Waals surface area contributed by atoms with E-state index in [1.54, 1.807) is 17.7 Å². The Bertz CT molecular complexity index is 1080. The van der Waals surface area contributed by atoms with Gasteiger partial charge in [0.15, 0.2) is 0 Å². The van der Waals surface area contributed by atoms with Crippen LogP contribution >= 0.6 is 0 Å². The minimum Gasteiger partial charge on any atom is -0.351 e. The van der Waals surface area contributed by atoms with Gasteiger partial charge in [-0.2, -0.15) is 5.10 Å². The molecule has 1 saturated carbocycles. The fourth-order valence-electron chi connectivity index (χ4n) is 4.93. The van der Waals surface area contributed by atoms with Crippen molar-refractivity contribution in [3.8, 4) is 0 Å². The molecule has 1 aromatic carbocycles. The van der Waals surface area contributed by atoms with Gasteiger partial charge < -0.3 is 5.32 Å². The molecular weight excluding hydrogens is 438 g/mol. The fourth-order valence-corrected chi connectivity index (χ4v) is 4.93. The predicted molar refractivity (Wildman–Crippen MR) is 127 cm³/mol. The first-order valence-electron chi connectivity index (χ1n) is 12.2. The quantitative estimate of drug-likeness (QED) is 0.675. The third-order valence-electron chi connectivity index (χ3n) is 7.00. The SMILES string of the molecule is CC(C)(C)c1cc2n(n1)C[C@](C)(C(=O)NC1CCCCCCC1)N(c1ccc(F)cc1F)C2=O. The molecule has 184 valence electrons. The van der Waals surface area contributed by atoms with E-state index in [1.807, 2.05) is 20.8 Å². The standard InChI is InChI=1S/C26H34F2N4O2/c1-25(2,3)22-15-21-23(33)32(20-13-12-17(27)14-19(20)28)26(4,16-31(21)30-22)24(34)29-18-10-8-6-5-7-9-11-18/h12-15,18H,5-11,16H2,1-4H3,(H,29,34)/t26-/m1/s1. The highest BCUT2D eigenvalue weighted by Gasteiger charge is 2.50. The molecule has 0 radical (unpaired) electrons. The maximum absolute atomic E-state index is 15.0. The molecule has 1 aromatic heterocycles. The van der Waals surface area contributed by atoms with Crippen LogP contribution < -0.4 is 10.2 Å². The number of carbonyl (C=O) groups is 2. The average Bonchev–Trinajstić information content (AvgIpc) is 3.16. The number of benzene rings is 1. The number of aromatic nitrogens is 2. The molecule has 2 aromatic rings. The number of fused-ring (bicyclic) bond motifs is 1. The highest BCUT2D eigenvalue weighted by atomic mass is 19.1. The molecular formula is C26H34F2N4O2. The van der Waals surface area contributed by atoms with Crippen molar-refractivity contribution in [2.24, 2.45) is 0 Å². The van der Waals surface area contributed by atoms with Crippen molar-refractivity contribution in [2.45, 2.75) is 96.2 Å². The van der Waals surface area contributed by atoms with Crippen molar-refractivity contribution >= 4 is 17.5 Å². The molecule has 0 unspecified atom stereocenters. The molecule has 1 aliphatic carbocycles. The van der Waals surface area contributed by atoms with Gasteiger partial charge >= 0.3 is 0 Å². The van der Waals surface area contributed by atoms with Crippen molar-refractivity contribution in [3.05, 3.63) is 47.3 Å². The van der Waals surface area contributed by atoms with Gasteiger partial charge in [0.25, 0.3) is 5.91 Å². The number of anilines is 1. The van der Waals surface area contributed by atoms with Crippen molar-refractivity contribution in [3.63, 3.8) is 0 Å². The van der Waals surface area contributed by atoms with Crippen LogP contribution in [0.4, 0.5) is 14.5 Å². The van der Waals surface area contributed by atoms with Crippen LogP contribution in [0.25, 0.3) is 0 Å². The molecule has 1 atom stereocenters. The number of rotatable bonds is 3. The van der Waals surface area contributed by atoms with Crippen molar-refractivity contribution < 1.29 is 18.4 Å². The third kappa shape index (κ3) is 4.59. The van der Waals surface area contributed by atoms with Gasteiger partial charge in [0, 0.05) is 17.5 Å². The Kier molecular flexibility index (Phi) is 6.53. The Morgan fingerprint density at radius 1 is 1.09 bits per heavy atom. The molecule has 4 rings (SSSR count). The number of nitrogens with one attached hydrogen (secondary N) is 1. The van der Waals surface area contributed by atoms with Gasteiger partial charge in [0.2, 0.25) is 5.91 Å². The molecule has 0 spiro atoms. The summed E-state index contributed by atoms with van der Waals surface area (Å²) in [6.45, 7) is 7.67. The molecule has 2 aliphatic rings. The van der Waals surface area contributed by atoms with Gasteiger partial charge in [-0.15, -0.1) is 0 Å². The van der Waals surface area contributed by atoms with Gasteiger partial charge in [-0.3, -0.25) is 19.2 Å². The van der Waals surface area contributed by atoms with E-state index in [2.05, 4.69) is 10.4 Å². The van der Waals surface area contributed by atoms with Crippen LogP contribution in [-0.4, -0.2) is 33.2 Å². The average molecular weight is 473 g/mol. The molecule has 2 heterocycles. The largest absolute Gasteiger partial charge is 0.351 e. The first-order valence-corrected chi connectivity index (χ1v) is 12.2. The first kappa shape index (κ1) is 24.4. The Labute approximate surface area is 199 Å². The highest BCUT2D eigenvalue weighted by molar-refractivity contribution is 6.12. The van der Waals surface area contributed by atoms with Crippen molar-refractivity contribution in [2.75, 3.05) is 4.90 Å². The van der Waals surface area contributed by atoms with Gasteiger partial charge in [-0.1, -0.05) is 52.9 Å². The van der Waals surface area contributed by atoms with E-state index < -0.39 is 23.1 Å². The zero-order valence-corrected chi connectivity index (χ0v) is 20.5. The normalized spacial score (nSPS) is 22.2. The lowest BCUT2D eigenvalue weighted by Gasteiger charge is -2.43. The smallest absolute Gasteiger partial charge is 0.277 e. The van der Waals surface area contributed by atoms with Gasteiger partial charge in [0.1, 0.15) is 22.9 Å². The summed E-state index contributed by atoms with van der Waals surface area (Å²) in [5, 5.41) is 7.77. The van der Waals surface area contributed by atoms with Crippen LogP contribution in [-0.2, 0) is 16.8 Å². The van der Waals surface area contributed by atoms with E-state index >= 15 is 0 Å². The Morgan fingerprint density at radius 2 is 1.74 bits per heavy atom. The van der Waals surface area contributed by atoms with E-state index in [1.165, 1.54) is 17.4 Å². The second-order valence-corrected chi connectivity index (χ2v) is 10.8. The Balaban J connectivity index is 1.76. The Hall–Kier alpha value is -2.77. The van der Waals surface area contributed by atoms with E-state index in [-0.39, 0.29) is 35.3 Å². The number of nitrogens with zero attached hydrogens (tertiary/aromatic N) is 3. The van der Waals surface area contributed by atoms with Gasteiger partial charge in [-0.05, 0) is 38.0 Å². The molecule has 34 heavy (non-hydrogen) atoms. The summed E-state index contributed by atoms with van der Waals surface area (Å²) in [5.41, 5.74) is -0.878. The van der Waals surface area contributed by atoms with Gasteiger partial charge in [-0.25, -0.2) is 8.78 Å². The fraction of sp³-hybridized carbons (Fsp3) is 0.577. The summed E-state index contributed by atoms with van der Waals surface area (Å²) in [6.07, 6.45) is 7.32. The number of halogens is 2. The lowest BCUT2D eigenvalue weighted by Crippen LogP contribution is -2.65. The van der Waals surface area contributed by atoms with Crippen molar-refractivity contribution in [1.29, 1.82) is 0 Å². The topological polar surface area (TPSA) is 67.2 Å². The summed E-state index contributed by atoms with van der Waals surface area (Å²) in [4.78, 5) is 28.7. The number of amides is 2. The van der Waals surface area contributed by atoms with E-state index in [0.29, 0.717) is 5.69 Å². The third-order valence-corrected chi connectivity index (χ3v) is 7.00. The zero-order chi connectivity index (χ0) is 24.7. The van der Waals surface area contributed by atoms with Crippen LogP contribution in [0.5, 0.6) is 0 Å². The molecule has 2 amide bonds. The first-order chi connectivity index (χ1) is 16.0. The monoisotopic (exact) mass is 472 g/mol. The molecule has 8 heteroatoms. The van der Waals surface area contributed by atoms with Crippen LogP contribution in [0.2, 0.25) is 0 Å². The summed E-state index contributed by atoms with van der Waals surface area (Å²) < 4.78 is 30.2. The molecule has 1 fully saturated rings. The number of hydrogen-bond donors (Lipinski definition) is 1. The Morgan fingerprint density at radius 3 is 2.35 bits per heavy atom. The van der Waals surface area contributed by atoms with E-state index in [4.69, 9.17) is 0 Å². The van der Waals surface area contributed by atoms with Crippen LogP contribution in [0, 0.1) is 11.6 Å². The molecule has 1 N–H and O–H groups in total. The second kappa shape index (κ2) is 9.12. The molecule has 0 bridgehead atoms. The highest BCUT2D eigenvalue weighted by Crippen LogP contribution is 2.36. The lowest BCUT2D eigenvalue weighted by molar-refractivity contribution is -0.127. The molecule has 6 nitrogen and oxygen atoms in total. The maximum Gasteiger partial charge on any atom is 0.277 e. The summed E-state index contributed by atoms with van der Waals surface area (Å²) in [7, 11) is 0. The van der Waals surface area contributed by atoms with E-state index in [9.17, 15) is 18.4 Å².